The number of amides is 1. The highest BCUT2D eigenvalue weighted by Gasteiger charge is 2.38. The van der Waals surface area contributed by atoms with E-state index >= 15 is 8.78 Å². The molecule has 0 bridgehead atoms. The number of likely N-dealkylation sites (tertiary alicyclic amines) is 1. The number of nitrogens with zero attached hydrogens (tertiary/aromatic N) is 5. The number of pyridine rings is 2. The molecule has 3 aromatic heterocycles. The molecule has 4 aromatic rings. The SMILES string of the molecule is CC(C)[C@]1(F)CCc2nc3c(F)cc(C(=O)N[C@H](CCN4CC(O)C4)c4ccc(-c5ccnnc5)nc4)cc3cc2C1. The van der Waals surface area contributed by atoms with Crippen molar-refractivity contribution in [2.45, 2.75) is 57.3 Å². The van der Waals surface area contributed by atoms with Crippen molar-refractivity contribution in [3.05, 3.63) is 83.2 Å². The summed E-state index contributed by atoms with van der Waals surface area (Å²) in [6.07, 6.45) is 6.26. The third-order valence-corrected chi connectivity index (χ3v) is 8.64. The maximum atomic E-state index is 15.5. The number of halogens is 2. The van der Waals surface area contributed by atoms with E-state index in [9.17, 15) is 9.90 Å². The number of benzene rings is 1. The molecule has 8 nitrogen and oxygen atoms in total. The minimum absolute atomic E-state index is 0.142. The van der Waals surface area contributed by atoms with Crippen molar-refractivity contribution in [3.63, 3.8) is 0 Å². The summed E-state index contributed by atoms with van der Waals surface area (Å²) in [7, 11) is 0. The van der Waals surface area contributed by atoms with E-state index in [2.05, 4.69) is 30.4 Å². The van der Waals surface area contributed by atoms with Gasteiger partial charge in [0.25, 0.3) is 5.91 Å². The molecule has 1 saturated heterocycles. The minimum atomic E-state index is -1.33. The van der Waals surface area contributed by atoms with E-state index in [0.717, 1.165) is 28.1 Å². The number of aliphatic hydroxyl groups is 1. The summed E-state index contributed by atoms with van der Waals surface area (Å²) >= 11 is 0. The summed E-state index contributed by atoms with van der Waals surface area (Å²) in [6.45, 7) is 5.61. The van der Waals surface area contributed by atoms with Crippen LogP contribution < -0.4 is 5.32 Å². The zero-order valence-corrected chi connectivity index (χ0v) is 23.7. The quantitative estimate of drug-likeness (QED) is 0.318. The first-order valence-electron chi connectivity index (χ1n) is 14.4. The average Bonchev–Trinajstić information content (AvgIpc) is 2.97. The van der Waals surface area contributed by atoms with Gasteiger partial charge in [0.05, 0.1) is 30.2 Å². The molecule has 10 heteroatoms. The van der Waals surface area contributed by atoms with Gasteiger partial charge >= 0.3 is 0 Å². The van der Waals surface area contributed by atoms with Gasteiger partial charge in [-0.3, -0.25) is 14.7 Å². The van der Waals surface area contributed by atoms with E-state index in [1.165, 1.54) is 6.07 Å². The van der Waals surface area contributed by atoms with Gasteiger partial charge in [-0.15, -0.1) is 0 Å². The number of fused-ring (bicyclic) bond motifs is 2. The molecule has 1 aliphatic heterocycles. The van der Waals surface area contributed by atoms with Gasteiger partial charge in [0.1, 0.15) is 17.0 Å². The van der Waals surface area contributed by atoms with Crippen LogP contribution in [0.5, 0.6) is 0 Å². The number of carbonyl (C=O) groups is 1. The van der Waals surface area contributed by atoms with Crippen molar-refractivity contribution in [1.29, 1.82) is 0 Å². The number of carbonyl (C=O) groups excluding carboxylic acids is 1. The Morgan fingerprint density at radius 2 is 2.00 bits per heavy atom. The van der Waals surface area contributed by atoms with Crippen molar-refractivity contribution < 1.29 is 18.7 Å². The van der Waals surface area contributed by atoms with Crippen LogP contribution in [-0.4, -0.2) is 67.5 Å². The zero-order chi connectivity index (χ0) is 29.4. The fourth-order valence-corrected chi connectivity index (χ4v) is 5.88. The Morgan fingerprint density at radius 1 is 1.17 bits per heavy atom. The molecule has 0 saturated carbocycles. The third-order valence-electron chi connectivity index (χ3n) is 8.64. The van der Waals surface area contributed by atoms with Crippen LogP contribution in [0.2, 0.25) is 0 Å². The Bertz CT molecular complexity index is 1590. The molecule has 1 aromatic carbocycles. The van der Waals surface area contributed by atoms with Crippen LogP contribution >= 0.6 is 0 Å². The standard InChI is InChI=1S/C32H34F2N6O2/c1-19(2)32(34)8-5-28-24(14-32)12-22-11-23(13-26(33)30(22)38-28)31(42)39-29(7-10-40-17-25(41)18-40)20-3-4-27(35-15-20)21-6-9-36-37-16-21/h3-4,6,9,11-13,15-16,19,25,29,41H,5,7-8,10,14,17-18H2,1-2H3,(H,39,42)/t29-,32+/m1/s1. The highest BCUT2D eigenvalue weighted by molar-refractivity contribution is 5.98. The number of β-amino-alcohol motifs (C(OH)–C–C–N with tert-alkyl or cyclic N) is 1. The predicted octanol–water partition coefficient (Wildman–Crippen LogP) is 4.62. The first-order chi connectivity index (χ1) is 20.2. The lowest BCUT2D eigenvalue weighted by Gasteiger charge is -2.36. The molecule has 2 aliphatic rings. The average molecular weight is 573 g/mol. The molecule has 0 radical (unpaired) electrons. The van der Waals surface area contributed by atoms with Gasteiger partial charge in [0.15, 0.2) is 0 Å². The Kier molecular flexibility index (Phi) is 7.67. The number of aromatic nitrogens is 4. The van der Waals surface area contributed by atoms with Crippen LogP contribution in [0.1, 0.15) is 59.9 Å². The fraction of sp³-hybridized carbons (Fsp3) is 0.406. The smallest absolute Gasteiger partial charge is 0.251 e. The molecule has 0 spiro atoms. The molecule has 0 unspecified atom stereocenters. The van der Waals surface area contributed by atoms with Crippen LogP contribution in [0.25, 0.3) is 22.2 Å². The molecule has 1 aliphatic carbocycles. The van der Waals surface area contributed by atoms with Crippen molar-refractivity contribution in [2.75, 3.05) is 19.6 Å². The van der Waals surface area contributed by atoms with Gasteiger partial charge in [-0.05, 0) is 66.6 Å². The number of aliphatic hydroxyl groups excluding tert-OH is 1. The zero-order valence-electron chi connectivity index (χ0n) is 23.7. The number of alkyl halides is 1. The van der Waals surface area contributed by atoms with Gasteiger partial charge in [-0.2, -0.15) is 10.2 Å². The van der Waals surface area contributed by atoms with Crippen LogP contribution in [0, 0.1) is 11.7 Å². The van der Waals surface area contributed by atoms with Crippen molar-refractivity contribution >= 4 is 16.8 Å². The second-order valence-corrected chi connectivity index (χ2v) is 11.8. The Labute approximate surface area is 243 Å². The molecule has 1 amide bonds. The Hall–Kier alpha value is -3.89. The monoisotopic (exact) mass is 572 g/mol. The molecule has 218 valence electrons. The van der Waals surface area contributed by atoms with E-state index in [1.807, 2.05) is 32.0 Å². The lowest BCUT2D eigenvalue weighted by Crippen LogP contribution is -2.51. The second kappa shape index (κ2) is 11.4. The lowest BCUT2D eigenvalue weighted by molar-refractivity contribution is 0.000301. The maximum Gasteiger partial charge on any atom is 0.251 e. The topological polar surface area (TPSA) is 104 Å². The van der Waals surface area contributed by atoms with Crippen molar-refractivity contribution in [2.24, 2.45) is 5.92 Å². The summed E-state index contributed by atoms with van der Waals surface area (Å²) in [5.74, 6) is -1.15. The third kappa shape index (κ3) is 5.73. The summed E-state index contributed by atoms with van der Waals surface area (Å²) in [6, 6.07) is 9.83. The van der Waals surface area contributed by atoms with E-state index in [4.69, 9.17) is 0 Å². The summed E-state index contributed by atoms with van der Waals surface area (Å²) in [5, 5.41) is 20.9. The molecule has 2 N–H and O–H groups in total. The summed E-state index contributed by atoms with van der Waals surface area (Å²) in [4.78, 5) is 24.7. The molecular formula is C32H34F2N6O2. The van der Waals surface area contributed by atoms with Crippen LogP contribution in [0.4, 0.5) is 8.78 Å². The van der Waals surface area contributed by atoms with Gasteiger partial charge < -0.3 is 10.4 Å². The molecule has 42 heavy (non-hydrogen) atoms. The van der Waals surface area contributed by atoms with Crippen LogP contribution in [-0.2, 0) is 12.8 Å². The second-order valence-electron chi connectivity index (χ2n) is 11.8. The van der Waals surface area contributed by atoms with Crippen molar-refractivity contribution in [3.8, 4) is 11.3 Å². The first kappa shape index (κ1) is 28.2. The predicted molar refractivity (Wildman–Crippen MR) is 155 cm³/mol. The molecule has 1 fully saturated rings. The normalized spacial score (nSPS) is 19.9. The summed E-state index contributed by atoms with van der Waals surface area (Å²) < 4.78 is 30.8. The van der Waals surface area contributed by atoms with E-state index < -0.39 is 23.4 Å². The Morgan fingerprint density at radius 3 is 2.69 bits per heavy atom. The van der Waals surface area contributed by atoms with Crippen LogP contribution in [0.15, 0.2) is 55.0 Å². The number of hydrogen-bond donors (Lipinski definition) is 2. The number of aryl methyl sites for hydroxylation is 1. The van der Waals surface area contributed by atoms with Crippen molar-refractivity contribution in [1.82, 2.24) is 30.4 Å². The first-order valence-corrected chi connectivity index (χ1v) is 14.4. The molecular weight excluding hydrogens is 538 g/mol. The van der Waals surface area contributed by atoms with Crippen LogP contribution in [0.3, 0.4) is 0 Å². The highest BCUT2D eigenvalue weighted by atomic mass is 19.1. The van der Waals surface area contributed by atoms with Gasteiger partial charge in [0, 0.05) is 54.5 Å². The lowest BCUT2D eigenvalue weighted by atomic mass is 9.77. The molecule has 4 heterocycles. The van der Waals surface area contributed by atoms with E-state index in [-0.39, 0.29) is 29.5 Å². The van der Waals surface area contributed by atoms with E-state index in [1.54, 1.807) is 30.7 Å². The Balaban J connectivity index is 1.26. The van der Waals surface area contributed by atoms with Gasteiger partial charge in [-0.25, -0.2) is 13.8 Å². The largest absolute Gasteiger partial charge is 0.390 e. The number of hydrogen-bond acceptors (Lipinski definition) is 7. The minimum Gasteiger partial charge on any atom is -0.390 e. The van der Waals surface area contributed by atoms with Gasteiger partial charge in [-0.1, -0.05) is 19.9 Å². The van der Waals surface area contributed by atoms with Gasteiger partial charge in [0.2, 0.25) is 0 Å². The number of rotatable bonds is 8. The summed E-state index contributed by atoms with van der Waals surface area (Å²) in [5.41, 5.74) is 2.89. The van der Waals surface area contributed by atoms with E-state index in [0.29, 0.717) is 44.3 Å². The molecule has 6 rings (SSSR count). The highest BCUT2D eigenvalue weighted by Crippen LogP contribution is 2.38. The number of nitrogens with one attached hydrogen (secondary N) is 1. The maximum absolute atomic E-state index is 15.5. The molecule has 2 atom stereocenters. The fourth-order valence-electron chi connectivity index (χ4n) is 5.88.